The Bertz CT molecular complexity index is 736. The van der Waals surface area contributed by atoms with Crippen LogP contribution in [-0.4, -0.2) is 19.6 Å². The average Bonchev–Trinajstić information content (AvgIpc) is 2.67. The number of aryl methyl sites for hydroxylation is 1. The summed E-state index contributed by atoms with van der Waals surface area (Å²) in [6.45, 7) is 0. The van der Waals surface area contributed by atoms with Gasteiger partial charge in [-0.05, 0) is 24.3 Å². The van der Waals surface area contributed by atoms with Crippen LogP contribution in [0, 0.1) is 0 Å². The van der Waals surface area contributed by atoms with Crippen LogP contribution in [0.15, 0.2) is 36.7 Å². The third kappa shape index (κ3) is 1.71. The molecule has 1 N–H and O–H groups in total. The highest BCUT2D eigenvalue weighted by Crippen LogP contribution is 2.28. The lowest BCUT2D eigenvalue weighted by molar-refractivity contribution is 0.473. The molecule has 4 nitrogen and oxygen atoms in total. The van der Waals surface area contributed by atoms with E-state index in [1.165, 1.54) is 6.20 Å². The third-order valence-electron chi connectivity index (χ3n) is 2.86. The maximum atomic E-state index is 9.48. The molecule has 0 bridgehead atoms. The summed E-state index contributed by atoms with van der Waals surface area (Å²) < 4.78 is 1.93. The minimum Gasteiger partial charge on any atom is -0.506 e. The van der Waals surface area contributed by atoms with E-state index in [4.69, 9.17) is 11.6 Å². The highest BCUT2D eigenvalue weighted by atomic mass is 35.5. The Hall–Kier alpha value is -2.07. The van der Waals surface area contributed by atoms with Crippen molar-refractivity contribution in [3.05, 3.63) is 41.8 Å². The van der Waals surface area contributed by atoms with E-state index in [0.717, 1.165) is 22.3 Å². The number of hydrogen-bond acceptors (Lipinski definition) is 3. The summed E-state index contributed by atoms with van der Waals surface area (Å²) in [6.07, 6.45) is 3.11. The molecule has 5 heteroatoms. The van der Waals surface area contributed by atoms with Crippen molar-refractivity contribution >= 4 is 22.6 Å². The van der Waals surface area contributed by atoms with Gasteiger partial charge in [0.2, 0.25) is 0 Å². The van der Waals surface area contributed by atoms with Crippen molar-refractivity contribution < 1.29 is 5.11 Å². The second kappa shape index (κ2) is 3.99. The van der Waals surface area contributed by atoms with Gasteiger partial charge >= 0.3 is 0 Å². The number of halogens is 1. The first-order chi connectivity index (χ1) is 8.65. The van der Waals surface area contributed by atoms with Crippen molar-refractivity contribution in [3.8, 4) is 17.0 Å². The van der Waals surface area contributed by atoms with Crippen LogP contribution in [-0.2, 0) is 7.05 Å². The molecule has 0 aliphatic rings. The summed E-state index contributed by atoms with van der Waals surface area (Å²) in [5.74, 6) is 0.142. The lowest BCUT2D eigenvalue weighted by Crippen LogP contribution is -1.93. The first-order valence-electron chi connectivity index (χ1n) is 5.41. The second-order valence-electron chi connectivity index (χ2n) is 4.07. The largest absolute Gasteiger partial charge is 0.506 e. The van der Waals surface area contributed by atoms with Gasteiger partial charge in [0.05, 0.1) is 11.9 Å². The molecule has 3 rings (SSSR count). The average molecular weight is 260 g/mol. The molecule has 90 valence electrons. The molecule has 0 aliphatic carbocycles. The molecule has 0 aliphatic heterocycles. The molecule has 18 heavy (non-hydrogen) atoms. The smallest absolute Gasteiger partial charge is 0.141 e. The molecule has 0 spiro atoms. The standard InChI is InChI=1S/C13H10ClN3O/c1-17-11(9-4-10(18)7-15-6-9)5-8-2-3-12(14)16-13(8)17/h2-7,18H,1H3. The van der Waals surface area contributed by atoms with Crippen LogP contribution >= 0.6 is 11.6 Å². The third-order valence-corrected chi connectivity index (χ3v) is 3.07. The molecular formula is C13H10ClN3O. The number of aromatic nitrogens is 3. The Labute approximate surface area is 108 Å². The van der Waals surface area contributed by atoms with Crippen LogP contribution in [0.3, 0.4) is 0 Å². The lowest BCUT2D eigenvalue weighted by atomic mass is 10.2. The van der Waals surface area contributed by atoms with Crippen LogP contribution in [0.5, 0.6) is 5.75 Å². The summed E-state index contributed by atoms with van der Waals surface area (Å²) in [7, 11) is 1.91. The van der Waals surface area contributed by atoms with E-state index >= 15 is 0 Å². The van der Waals surface area contributed by atoms with Crippen LogP contribution in [0.2, 0.25) is 5.15 Å². The fraction of sp³-hybridized carbons (Fsp3) is 0.0769. The molecule has 0 unspecified atom stereocenters. The highest BCUT2D eigenvalue weighted by Gasteiger charge is 2.10. The Morgan fingerprint density at radius 2 is 2.06 bits per heavy atom. The molecule has 3 heterocycles. The van der Waals surface area contributed by atoms with Crippen LogP contribution in [0.1, 0.15) is 0 Å². The number of nitrogens with zero attached hydrogens (tertiary/aromatic N) is 3. The van der Waals surface area contributed by atoms with Crippen LogP contribution < -0.4 is 0 Å². The van der Waals surface area contributed by atoms with E-state index in [1.54, 1.807) is 18.3 Å². The van der Waals surface area contributed by atoms with Gasteiger partial charge in [-0.25, -0.2) is 4.98 Å². The van der Waals surface area contributed by atoms with E-state index in [0.29, 0.717) is 5.15 Å². The van der Waals surface area contributed by atoms with E-state index < -0.39 is 0 Å². The van der Waals surface area contributed by atoms with Crippen LogP contribution in [0.4, 0.5) is 0 Å². The quantitative estimate of drug-likeness (QED) is 0.684. The van der Waals surface area contributed by atoms with Gasteiger partial charge in [-0.1, -0.05) is 11.6 Å². The molecule has 0 atom stereocenters. The van der Waals surface area contributed by atoms with Crippen molar-refractivity contribution in [2.75, 3.05) is 0 Å². The molecule has 3 aromatic rings. The molecule has 0 fully saturated rings. The Morgan fingerprint density at radius 1 is 1.22 bits per heavy atom. The van der Waals surface area contributed by atoms with Gasteiger partial charge in [0.15, 0.2) is 0 Å². The van der Waals surface area contributed by atoms with E-state index in [1.807, 2.05) is 23.7 Å². The number of fused-ring (bicyclic) bond motifs is 1. The Morgan fingerprint density at radius 3 is 2.83 bits per heavy atom. The normalized spacial score (nSPS) is 11.0. The minimum absolute atomic E-state index is 0.142. The number of pyridine rings is 2. The van der Waals surface area contributed by atoms with Crippen molar-refractivity contribution in [2.45, 2.75) is 0 Å². The highest BCUT2D eigenvalue weighted by molar-refractivity contribution is 6.29. The molecule has 0 aromatic carbocycles. The van der Waals surface area contributed by atoms with Gasteiger partial charge in [-0.2, -0.15) is 0 Å². The summed E-state index contributed by atoms with van der Waals surface area (Å²) >= 11 is 5.89. The number of rotatable bonds is 1. The zero-order valence-corrected chi connectivity index (χ0v) is 10.4. The predicted octanol–water partition coefficient (Wildman–Crippen LogP) is 2.99. The predicted molar refractivity (Wildman–Crippen MR) is 70.6 cm³/mol. The van der Waals surface area contributed by atoms with Gasteiger partial charge < -0.3 is 9.67 Å². The molecule has 3 aromatic heterocycles. The van der Waals surface area contributed by atoms with Gasteiger partial charge in [-0.15, -0.1) is 0 Å². The van der Waals surface area contributed by atoms with Gasteiger partial charge in [-0.3, -0.25) is 4.98 Å². The molecule has 0 saturated heterocycles. The van der Waals surface area contributed by atoms with Crippen LogP contribution in [0.25, 0.3) is 22.3 Å². The van der Waals surface area contributed by atoms with Gasteiger partial charge in [0.25, 0.3) is 0 Å². The summed E-state index contributed by atoms with van der Waals surface area (Å²) in [5.41, 5.74) is 2.58. The molecular weight excluding hydrogens is 250 g/mol. The maximum absolute atomic E-state index is 9.48. The fourth-order valence-electron chi connectivity index (χ4n) is 2.02. The zero-order chi connectivity index (χ0) is 12.7. The lowest BCUT2D eigenvalue weighted by Gasteiger charge is -2.03. The topological polar surface area (TPSA) is 50.9 Å². The number of aromatic hydroxyl groups is 1. The Balaban J connectivity index is 2.27. The van der Waals surface area contributed by atoms with Crippen molar-refractivity contribution in [2.24, 2.45) is 7.05 Å². The summed E-state index contributed by atoms with van der Waals surface area (Å²) in [4.78, 5) is 8.27. The Kier molecular flexibility index (Phi) is 2.45. The van der Waals surface area contributed by atoms with E-state index in [9.17, 15) is 5.11 Å². The molecule has 0 saturated carbocycles. The molecule has 0 amide bonds. The van der Waals surface area contributed by atoms with Crippen molar-refractivity contribution in [3.63, 3.8) is 0 Å². The van der Waals surface area contributed by atoms with E-state index in [-0.39, 0.29) is 5.75 Å². The first-order valence-corrected chi connectivity index (χ1v) is 5.79. The summed E-state index contributed by atoms with van der Waals surface area (Å²) in [5, 5.41) is 10.9. The van der Waals surface area contributed by atoms with Crippen molar-refractivity contribution in [1.82, 2.24) is 14.5 Å². The van der Waals surface area contributed by atoms with Gasteiger partial charge in [0.1, 0.15) is 16.5 Å². The van der Waals surface area contributed by atoms with E-state index in [2.05, 4.69) is 9.97 Å². The zero-order valence-electron chi connectivity index (χ0n) is 9.63. The number of hydrogen-bond donors (Lipinski definition) is 1. The SMILES string of the molecule is Cn1c(-c2cncc(O)c2)cc2ccc(Cl)nc21. The first kappa shape index (κ1) is 11.0. The maximum Gasteiger partial charge on any atom is 0.141 e. The van der Waals surface area contributed by atoms with Crippen molar-refractivity contribution in [1.29, 1.82) is 0 Å². The summed E-state index contributed by atoms with van der Waals surface area (Å²) in [6, 6.07) is 7.34. The molecule has 0 radical (unpaired) electrons. The fourth-order valence-corrected chi connectivity index (χ4v) is 2.16. The van der Waals surface area contributed by atoms with Gasteiger partial charge in [0, 0.05) is 24.2 Å². The second-order valence-corrected chi connectivity index (χ2v) is 4.45. The minimum atomic E-state index is 0.142. The monoisotopic (exact) mass is 259 g/mol.